The molecule has 1 amide bonds. The highest BCUT2D eigenvalue weighted by atomic mass is 16.7. The molecule has 0 unspecified atom stereocenters. The largest absolute Gasteiger partial charge is 0.514 e. The van der Waals surface area contributed by atoms with Crippen LogP contribution in [0.5, 0.6) is 5.75 Å². The molecular weight excluding hydrogens is 467 g/mol. The minimum absolute atomic E-state index is 0.0306. The Hall–Kier alpha value is -3.73. The van der Waals surface area contributed by atoms with Gasteiger partial charge >= 0.3 is 6.16 Å². The summed E-state index contributed by atoms with van der Waals surface area (Å²) >= 11 is 0. The molecule has 0 aliphatic carbocycles. The van der Waals surface area contributed by atoms with Crippen LogP contribution in [-0.2, 0) is 27.4 Å². The minimum atomic E-state index is -0.956. The standard InChI is InChI=1S/C25H31BN2O8/c1-16(2)22(14-26(4)32)24(30)27-17(3)23(29)13-18-5-7-19(8-6-18)15-35-25(31)36-21-11-9-20(10-12-21)28(33)34/h5-12,16-17,22,32H,13-15H2,1-4H3,(H,27,30)/t17-,22-/m0/s1. The van der Waals surface area contributed by atoms with Gasteiger partial charge in [-0.3, -0.25) is 19.7 Å². The molecular formula is C25H31BN2O8. The van der Waals surface area contributed by atoms with Crippen LogP contribution >= 0.6 is 0 Å². The first kappa shape index (κ1) is 28.5. The van der Waals surface area contributed by atoms with E-state index in [4.69, 9.17) is 9.47 Å². The van der Waals surface area contributed by atoms with Crippen molar-refractivity contribution in [1.82, 2.24) is 5.32 Å². The number of nitrogens with one attached hydrogen (secondary N) is 1. The van der Waals surface area contributed by atoms with Gasteiger partial charge < -0.3 is 19.8 Å². The lowest BCUT2D eigenvalue weighted by Crippen LogP contribution is -2.44. The number of nitrogens with zero attached hydrogens (tertiary/aromatic N) is 1. The maximum absolute atomic E-state index is 12.6. The van der Waals surface area contributed by atoms with E-state index in [9.17, 15) is 29.5 Å². The highest BCUT2D eigenvalue weighted by Gasteiger charge is 2.27. The molecule has 0 aliphatic heterocycles. The summed E-state index contributed by atoms with van der Waals surface area (Å²) in [7, 11) is 0. The molecule has 0 heterocycles. The zero-order valence-electron chi connectivity index (χ0n) is 20.8. The summed E-state index contributed by atoms with van der Waals surface area (Å²) in [4.78, 5) is 47.1. The number of benzene rings is 2. The quantitative estimate of drug-likeness (QED) is 0.148. The van der Waals surface area contributed by atoms with Gasteiger partial charge in [0.2, 0.25) is 5.91 Å². The number of nitro groups is 1. The van der Waals surface area contributed by atoms with Gasteiger partial charge in [0.15, 0.2) is 5.78 Å². The Morgan fingerprint density at radius 3 is 2.14 bits per heavy atom. The number of amides is 1. The van der Waals surface area contributed by atoms with Crippen LogP contribution in [0.1, 0.15) is 31.9 Å². The number of carbonyl (C=O) groups is 3. The van der Waals surface area contributed by atoms with Gasteiger partial charge in [0.1, 0.15) is 12.4 Å². The molecule has 2 aromatic carbocycles. The van der Waals surface area contributed by atoms with Gasteiger partial charge in [-0.15, -0.1) is 0 Å². The molecule has 2 atom stereocenters. The summed E-state index contributed by atoms with van der Waals surface area (Å²) in [5, 5.41) is 23.1. The third-order valence-electron chi connectivity index (χ3n) is 5.59. The van der Waals surface area contributed by atoms with Crippen LogP contribution in [0.4, 0.5) is 10.5 Å². The molecule has 2 aromatic rings. The van der Waals surface area contributed by atoms with Gasteiger partial charge in [0.25, 0.3) is 12.6 Å². The lowest BCUT2D eigenvalue weighted by atomic mass is 9.62. The minimum Gasteiger partial charge on any atom is -0.451 e. The van der Waals surface area contributed by atoms with E-state index in [0.717, 1.165) is 5.56 Å². The summed E-state index contributed by atoms with van der Waals surface area (Å²) in [6.45, 7) is 6.40. The summed E-state index contributed by atoms with van der Waals surface area (Å²) in [5.41, 5.74) is 1.29. The number of ketones is 1. The van der Waals surface area contributed by atoms with Gasteiger partial charge in [-0.25, -0.2) is 4.79 Å². The smallest absolute Gasteiger partial charge is 0.451 e. The second-order valence-corrected chi connectivity index (χ2v) is 9.02. The van der Waals surface area contributed by atoms with Crippen molar-refractivity contribution in [3.8, 4) is 5.75 Å². The molecule has 0 radical (unpaired) electrons. The first-order chi connectivity index (χ1) is 17.0. The third-order valence-corrected chi connectivity index (χ3v) is 5.59. The number of non-ortho nitro benzene ring substituents is 1. The maximum Gasteiger partial charge on any atom is 0.514 e. The predicted octanol–water partition coefficient (Wildman–Crippen LogP) is 3.81. The zero-order valence-corrected chi connectivity index (χ0v) is 20.8. The van der Waals surface area contributed by atoms with Gasteiger partial charge in [-0.05, 0) is 42.4 Å². The average molecular weight is 498 g/mol. The van der Waals surface area contributed by atoms with Crippen molar-refractivity contribution in [1.29, 1.82) is 0 Å². The van der Waals surface area contributed by atoms with Crippen LogP contribution in [0.2, 0.25) is 13.1 Å². The van der Waals surface area contributed by atoms with E-state index in [-0.39, 0.29) is 48.0 Å². The Morgan fingerprint density at radius 1 is 1.03 bits per heavy atom. The van der Waals surface area contributed by atoms with Gasteiger partial charge in [-0.1, -0.05) is 44.9 Å². The van der Waals surface area contributed by atoms with E-state index in [1.165, 1.54) is 24.3 Å². The second-order valence-electron chi connectivity index (χ2n) is 9.02. The van der Waals surface area contributed by atoms with Crippen molar-refractivity contribution in [2.75, 3.05) is 0 Å². The number of nitro benzene ring substituents is 1. The SMILES string of the molecule is CB(O)C[C@H](C(=O)N[C@@H](C)C(=O)Cc1ccc(COC(=O)Oc2ccc([N+](=O)[O-])cc2)cc1)C(C)C. The summed E-state index contributed by atoms with van der Waals surface area (Å²) < 4.78 is 10.0. The highest BCUT2D eigenvalue weighted by Crippen LogP contribution is 2.19. The first-order valence-corrected chi connectivity index (χ1v) is 11.6. The number of carbonyl (C=O) groups excluding carboxylic acids is 3. The van der Waals surface area contributed by atoms with Crippen LogP contribution in [0.15, 0.2) is 48.5 Å². The van der Waals surface area contributed by atoms with Crippen molar-refractivity contribution < 1.29 is 33.8 Å². The van der Waals surface area contributed by atoms with Crippen molar-refractivity contribution in [3.05, 3.63) is 69.8 Å². The topological polar surface area (TPSA) is 145 Å². The van der Waals surface area contributed by atoms with Crippen LogP contribution in [0.3, 0.4) is 0 Å². The Morgan fingerprint density at radius 2 is 1.61 bits per heavy atom. The average Bonchev–Trinajstić information content (AvgIpc) is 2.82. The lowest BCUT2D eigenvalue weighted by molar-refractivity contribution is -0.384. The van der Waals surface area contributed by atoms with Crippen molar-refractivity contribution >= 4 is 30.4 Å². The molecule has 0 fully saturated rings. The normalized spacial score (nSPS) is 12.4. The number of Topliss-reactive ketones (excluding diaryl/α,β-unsaturated/α-hetero) is 1. The Bertz CT molecular complexity index is 1050. The van der Waals surface area contributed by atoms with Crippen LogP contribution in [0.25, 0.3) is 0 Å². The fourth-order valence-electron chi connectivity index (χ4n) is 3.46. The van der Waals surface area contributed by atoms with Crippen molar-refractivity contribution in [2.45, 2.75) is 53.0 Å². The van der Waals surface area contributed by atoms with E-state index in [1.54, 1.807) is 38.0 Å². The number of hydrogen-bond acceptors (Lipinski definition) is 8. The molecule has 0 saturated heterocycles. The van der Waals surface area contributed by atoms with E-state index >= 15 is 0 Å². The van der Waals surface area contributed by atoms with Crippen molar-refractivity contribution in [3.63, 3.8) is 0 Å². The fraction of sp³-hybridized carbons (Fsp3) is 0.400. The molecule has 11 heteroatoms. The molecule has 36 heavy (non-hydrogen) atoms. The maximum atomic E-state index is 12.6. The lowest BCUT2D eigenvalue weighted by Gasteiger charge is -2.23. The first-order valence-electron chi connectivity index (χ1n) is 11.6. The zero-order chi connectivity index (χ0) is 26.8. The van der Waals surface area contributed by atoms with Gasteiger partial charge in [0, 0.05) is 24.5 Å². The second kappa shape index (κ2) is 13.4. The van der Waals surface area contributed by atoms with E-state index < -0.39 is 24.0 Å². The Kier molecular flexibility index (Phi) is 10.6. The molecule has 0 bridgehead atoms. The van der Waals surface area contributed by atoms with Crippen LogP contribution in [-0.4, -0.2) is 40.8 Å². The van der Waals surface area contributed by atoms with Crippen LogP contribution < -0.4 is 10.1 Å². The number of rotatable bonds is 12. The fourth-order valence-corrected chi connectivity index (χ4v) is 3.46. The summed E-state index contributed by atoms with van der Waals surface area (Å²) in [6, 6.07) is 11.2. The van der Waals surface area contributed by atoms with Gasteiger partial charge in [0.05, 0.1) is 11.0 Å². The molecule has 2 N–H and O–H groups in total. The van der Waals surface area contributed by atoms with E-state index in [2.05, 4.69) is 5.32 Å². The summed E-state index contributed by atoms with van der Waals surface area (Å²) in [5.74, 6) is -0.639. The number of hydrogen-bond donors (Lipinski definition) is 2. The molecule has 0 aliphatic rings. The molecule has 0 spiro atoms. The van der Waals surface area contributed by atoms with Crippen LogP contribution in [0, 0.1) is 22.0 Å². The molecule has 192 valence electrons. The highest BCUT2D eigenvalue weighted by molar-refractivity contribution is 6.49. The number of ether oxygens (including phenoxy) is 2. The summed E-state index contributed by atoms with van der Waals surface area (Å²) in [6.07, 6.45) is -0.508. The molecule has 0 aromatic heterocycles. The monoisotopic (exact) mass is 498 g/mol. The third kappa shape index (κ3) is 9.14. The molecule has 2 rings (SSSR count). The Balaban J connectivity index is 1.82. The Labute approximate surface area is 210 Å². The van der Waals surface area contributed by atoms with Gasteiger partial charge in [-0.2, -0.15) is 0 Å². The predicted molar refractivity (Wildman–Crippen MR) is 134 cm³/mol. The molecule has 0 saturated carbocycles. The molecule has 10 nitrogen and oxygen atoms in total. The van der Waals surface area contributed by atoms with E-state index in [0.29, 0.717) is 11.9 Å². The van der Waals surface area contributed by atoms with E-state index in [1.807, 2.05) is 13.8 Å². The van der Waals surface area contributed by atoms with Crippen molar-refractivity contribution in [2.24, 2.45) is 11.8 Å².